The predicted molar refractivity (Wildman–Crippen MR) is 69.1 cm³/mol. The molecule has 0 amide bonds. The standard InChI is InChI=1S/C10H12N6S/c1-3-4-5-17-10-15-8-6(16(10)2)7(11)13-9(12)14-8/h3H2,1-2H3,(H4,11,12,13,14). The first-order valence-electron chi connectivity index (χ1n) is 5.03. The first-order valence-corrected chi connectivity index (χ1v) is 5.85. The van der Waals surface area contributed by atoms with Crippen LogP contribution in [0.2, 0.25) is 0 Å². The Kier molecular flexibility index (Phi) is 3.06. The van der Waals surface area contributed by atoms with E-state index in [1.165, 1.54) is 11.8 Å². The van der Waals surface area contributed by atoms with E-state index in [0.29, 0.717) is 17.0 Å². The minimum absolute atomic E-state index is 0.129. The van der Waals surface area contributed by atoms with E-state index in [1.807, 2.05) is 18.5 Å². The lowest BCUT2D eigenvalue weighted by Gasteiger charge is -2.00. The molecule has 2 rings (SSSR count). The minimum atomic E-state index is 0.129. The van der Waals surface area contributed by atoms with Crippen molar-refractivity contribution in [3.05, 3.63) is 0 Å². The van der Waals surface area contributed by atoms with Crippen molar-refractivity contribution in [1.82, 2.24) is 19.5 Å². The first-order chi connectivity index (χ1) is 8.13. The third-order valence-corrected chi connectivity index (χ3v) is 2.92. The minimum Gasteiger partial charge on any atom is -0.382 e. The van der Waals surface area contributed by atoms with Crippen molar-refractivity contribution in [2.75, 3.05) is 11.5 Å². The molecule has 0 saturated heterocycles. The van der Waals surface area contributed by atoms with Crippen LogP contribution in [0.15, 0.2) is 5.16 Å². The molecule has 0 saturated carbocycles. The highest BCUT2D eigenvalue weighted by molar-refractivity contribution is 8.03. The van der Waals surface area contributed by atoms with Gasteiger partial charge in [-0.3, -0.25) is 0 Å². The van der Waals surface area contributed by atoms with Gasteiger partial charge in [-0.2, -0.15) is 9.97 Å². The second kappa shape index (κ2) is 4.51. The Morgan fingerprint density at radius 1 is 1.29 bits per heavy atom. The molecule has 0 aliphatic carbocycles. The molecule has 0 radical (unpaired) electrons. The van der Waals surface area contributed by atoms with Crippen LogP contribution in [0.4, 0.5) is 11.8 Å². The molecular formula is C10H12N6S. The first kappa shape index (κ1) is 11.5. The van der Waals surface area contributed by atoms with Crippen molar-refractivity contribution >= 4 is 34.7 Å². The molecule has 0 fully saturated rings. The zero-order valence-corrected chi connectivity index (χ0v) is 10.4. The predicted octanol–water partition coefficient (Wildman–Crippen LogP) is 0.991. The Bertz CT molecular complexity index is 621. The zero-order chi connectivity index (χ0) is 12.4. The molecule has 2 heterocycles. The van der Waals surface area contributed by atoms with Crippen molar-refractivity contribution in [2.45, 2.75) is 18.5 Å². The van der Waals surface area contributed by atoms with E-state index in [4.69, 9.17) is 11.5 Å². The molecule has 0 spiro atoms. The van der Waals surface area contributed by atoms with E-state index in [9.17, 15) is 0 Å². The summed E-state index contributed by atoms with van der Waals surface area (Å²) >= 11 is 1.34. The molecule has 2 aromatic heterocycles. The molecule has 88 valence electrons. The van der Waals surface area contributed by atoms with Crippen LogP contribution in [0.1, 0.15) is 13.3 Å². The molecule has 0 bridgehead atoms. The van der Waals surface area contributed by atoms with Gasteiger partial charge in [-0.1, -0.05) is 12.8 Å². The molecule has 6 nitrogen and oxygen atoms in total. The summed E-state index contributed by atoms with van der Waals surface area (Å²) in [5.41, 5.74) is 12.5. The smallest absolute Gasteiger partial charge is 0.224 e. The lowest BCUT2D eigenvalue weighted by molar-refractivity contribution is 0.817. The lowest BCUT2D eigenvalue weighted by Crippen LogP contribution is -2.02. The van der Waals surface area contributed by atoms with Gasteiger partial charge in [0.05, 0.1) is 0 Å². The summed E-state index contributed by atoms with van der Waals surface area (Å²) in [6.07, 6.45) is 0.811. The number of hydrogen-bond acceptors (Lipinski definition) is 6. The quantitative estimate of drug-likeness (QED) is 0.577. The lowest BCUT2D eigenvalue weighted by atomic mass is 10.5. The molecule has 4 N–H and O–H groups in total. The number of nitrogen functional groups attached to an aromatic ring is 2. The Labute approximate surface area is 103 Å². The van der Waals surface area contributed by atoms with Crippen LogP contribution >= 0.6 is 11.8 Å². The Morgan fingerprint density at radius 2 is 2.06 bits per heavy atom. The number of aromatic nitrogens is 4. The van der Waals surface area contributed by atoms with Gasteiger partial charge in [0.15, 0.2) is 16.6 Å². The summed E-state index contributed by atoms with van der Waals surface area (Å²) in [5.74, 6) is 3.42. The summed E-state index contributed by atoms with van der Waals surface area (Å²) in [6.45, 7) is 1.99. The summed E-state index contributed by atoms with van der Waals surface area (Å²) in [6, 6.07) is 0. The Morgan fingerprint density at radius 3 is 2.76 bits per heavy atom. The van der Waals surface area contributed by atoms with Crippen molar-refractivity contribution in [3.63, 3.8) is 0 Å². The summed E-state index contributed by atoms with van der Waals surface area (Å²) < 4.78 is 1.82. The third-order valence-electron chi connectivity index (χ3n) is 2.13. The van der Waals surface area contributed by atoms with E-state index in [2.05, 4.69) is 26.1 Å². The molecule has 17 heavy (non-hydrogen) atoms. The second-order valence-corrected chi connectivity index (χ2v) is 4.10. The van der Waals surface area contributed by atoms with Crippen LogP contribution < -0.4 is 11.5 Å². The summed E-state index contributed by atoms with van der Waals surface area (Å²) in [7, 11) is 1.85. The topological polar surface area (TPSA) is 95.6 Å². The molecule has 0 unspecified atom stereocenters. The van der Waals surface area contributed by atoms with Crippen LogP contribution in [0.5, 0.6) is 0 Å². The number of hydrogen-bond donors (Lipinski definition) is 2. The number of imidazole rings is 1. The number of nitrogens with zero attached hydrogens (tertiary/aromatic N) is 4. The van der Waals surface area contributed by atoms with Gasteiger partial charge >= 0.3 is 0 Å². The van der Waals surface area contributed by atoms with E-state index < -0.39 is 0 Å². The largest absolute Gasteiger partial charge is 0.382 e. The molecule has 7 heteroatoms. The monoisotopic (exact) mass is 248 g/mol. The van der Waals surface area contributed by atoms with Crippen LogP contribution in [-0.2, 0) is 7.05 Å². The molecule has 0 aliphatic rings. The van der Waals surface area contributed by atoms with Gasteiger partial charge in [-0.15, -0.1) is 0 Å². The molecule has 0 aromatic carbocycles. The van der Waals surface area contributed by atoms with Crippen molar-refractivity contribution < 1.29 is 0 Å². The molecule has 0 aliphatic heterocycles. The van der Waals surface area contributed by atoms with Crippen LogP contribution in [0.25, 0.3) is 11.2 Å². The van der Waals surface area contributed by atoms with E-state index in [-0.39, 0.29) is 5.95 Å². The van der Waals surface area contributed by atoms with Crippen molar-refractivity contribution in [3.8, 4) is 11.2 Å². The van der Waals surface area contributed by atoms with Gasteiger partial charge in [-0.25, -0.2) is 4.98 Å². The van der Waals surface area contributed by atoms with Gasteiger partial charge in [0.1, 0.15) is 5.52 Å². The van der Waals surface area contributed by atoms with Gasteiger partial charge in [0.25, 0.3) is 0 Å². The fourth-order valence-electron chi connectivity index (χ4n) is 1.38. The van der Waals surface area contributed by atoms with Crippen LogP contribution in [0.3, 0.4) is 0 Å². The molecule has 0 atom stereocenters. The maximum absolute atomic E-state index is 5.79. The van der Waals surface area contributed by atoms with E-state index >= 15 is 0 Å². The third kappa shape index (κ3) is 2.12. The highest BCUT2D eigenvalue weighted by atomic mass is 32.2. The van der Waals surface area contributed by atoms with Crippen molar-refractivity contribution in [1.29, 1.82) is 0 Å². The van der Waals surface area contributed by atoms with Crippen molar-refractivity contribution in [2.24, 2.45) is 7.05 Å². The van der Waals surface area contributed by atoms with Crippen LogP contribution in [0, 0.1) is 11.2 Å². The number of nitrogens with two attached hydrogens (primary N) is 2. The average Bonchev–Trinajstić information content (AvgIpc) is 2.56. The molecular weight excluding hydrogens is 236 g/mol. The molecule has 2 aromatic rings. The average molecular weight is 248 g/mol. The number of fused-ring (bicyclic) bond motifs is 1. The highest BCUT2D eigenvalue weighted by Gasteiger charge is 2.13. The van der Waals surface area contributed by atoms with Gasteiger partial charge < -0.3 is 16.0 Å². The normalized spacial score (nSPS) is 10.2. The zero-order valence-electron chi connectivity index (χ0n) is 9.56. The maximum Gasteiger partial charge on any atom is 0.224 e. The SMILES string of the molecule is CCC#CSc1nc2nc(N)nc(N)c2n1C. The number of aryl methyl sites for hydroxylation is 1. The number of thioether (sulfide) groups is 1. The highest BCUT2D eigenvalue weighted by Crippen LogP contribution is 2.24. The Balaban J connectivity index is 2.53. The number of rotatable bonds is 1. The maximum atomic E-state index is 5.79. The fourth-order valence-corrected chi connectivity index (χ4v) is 2.05. The second-order valence-electron chi connectivity index (χ2n) is 3.33. The fraction of sp³-hybridized carbons (Fsp3) is 0.300. The summed E-state index contributed by atoms with van der Waals surface area (Å²) in [4.78, 5) is 12.3. The van der Waals surface area contributed by atoms with E-state index in [1.54, 1.807) is 0 Å². The Hall–Kier alpha value is -1.94. The summed E-state index contributed by atoms with van der Waals surface area (Å²) in [5, 5.41) is 3.68. The van der Waals surface area contributed by atoms with Gasteiger partial charge in [0, 0.05) is 25.2 Å². The van der Waals surface area contributed by atoms with Crippen LogP contribution in [-0.4, -0.2) is 19.5 Å². The number of anilines is 2. The van der Waals surface area contributed by atoms with Gasteiger partial charge in [0.2, 0.25) is 5.95 Å². The van der Waals surface area contributed by atoms with Gasteiger partial charge in [-0.05, 0) is 5.25 Å². The van der Waals surface area contributed by atoms with E-state index in [0.717, 1.165) is 11.6 Å².